The topological polar surface area (TPSA) is 46.2 Å². The fraction of sp³-hybridized carbons (Fsp3) is 0.217. The summed E-state index contributed by atoms with van der Waals surface area (Å²) in [6.07, 6.45) is 0.897. The van der Waals surface area contributed by atoms with E-state index in [4.69, 9.17) is 0 Å². The Morgan fingerprint density at radius 3 is 2.31 bits per heavy atom. The lowest BCUT2D eigenvalue weighted by molar-refractivity contribution is 0.576. The summed E-state index contributed by atoms with van der Waals surface area (Å²) in [5.41, 5.74) is 2.47. The fourth-order valence-corrected chi connectivity index (χ4v) is 4.71. The van der Waals surface area contributed by atoms with Crippen LogP contribution in [0.4, 0.5) is 8.78 Å². The molecule has 0 fully saturated rings. The Balaban J connectivity index is 1.84. The van der Waals surface area contributed by atoms with Crippen molar-refractivity contribution in [2.24, 2.45) is 0 Å². The number of benzene rings is 3. The van der Waals surface area contributed by atoms with Crippen LogP contribution in [0.2, 0.25) is 0 Å². The third-order valence-electron chi connectivity index (χ3n) is 4.92. The highest BCUT2D eigenvalue weighted by molar-refractivity contribution is 7.90. The minimum Gasteiger partial charge on any atom is -0.313 e. The molecule has 1 N–H and O–H groups in total. The van der Waals surface area contributed by atoms with Gasteiger partial charge in [-0.2, -0.15) is 0 Å². The molecule has 0 aliphatic rings. The third-order valence-corrected chi connectivity index (χ3v) is 6.63. The van der Waals surface area contributed by atoms with E-state index in [0.29, 0.717) is 11.1 Å². The minimum atomic E-state index is -3.56. The second-order valence-electron chi connectivity index (χ2n) is 6.90. The van der Waals surface area contributed by atoms with Crippen LogP contribution in [0.5, 0.6) is 0 Å². The summed E-state index contributed by atoms with van der Waals surface area (Å²) in [6, 6.07) is 17.0. The van der Waals surface area contributed by atoms with Gasteiger partial charge in [-0.25, -0.2) is 17.2 Å². The van der Waals surface area contributed by atoms with E-state index in [1.807, 2.05) is 25.2 Å². The van der Waals surface area contributed by atoms with Crippen molar-refractivity contribution in [2.75, 3.05) is 7.05 Å². The lowest BCUT2D eigenvalue weighted by Gasteiger charge is -2.15. The molecule has 0 radical (unpaired) electrons. The van der Waals surface area contributed by atoms with Gasteiger partial charge in [-0.15, -0.1) is 0 Å². The summed E-state index contributed by atoms with van der Waals surface area (Å²) < 4.78 is 52.7. The number of hydrogen-bond acceptors (Lipinski definition) is 3. The number of hydrogen-bond donors (Lipinski definition) is 1. The molecule has 0 heterocycles. The van der Waals surface area contributed by atoms with E-state index in [1.165, 1.54) is 36.4 Å². The molecule has 0 saturated heterocycles. The quantitative estimate of drug-likeness (QED) is 0.571. The zero-order valence-corrected chi connectivity index (χ0v) is 17.1. The maximum atomic E-state index is 14.0. The van der Waals surface area contributed by atoms with Gasteiger partial charge in [-0.05, 0) is 54.4 Å². The van der Waals surface area contributed by atoms with E-state index in [-0.39, 0.29) is 22.3 Å². The van der Waals surface area contributed by atoms with E-state index in [9.17, 15) is 17.2 Å². The van der Waals surface area contributed by atoms with Gasteiger partial charge in [0.1, 0.15) is 11.6 Å². The molecule has 0 aliphatic carbocycles. The van der Waals surface area contributed by atoms with Crippen LogP contribution in [0.1, 0.15) is 30.5 Å². The van der Waals surface area contributed by atoms with Gasteiger partial charge in [0.2, 0.25) is 0 Å². The van der Waals surface area contributed by atoms with E-state index >= 15 is 0 Å². The smallest absolute Gasteiger partial charge is 0.182 e. The summed E-state index contributed by atoms with van der Waals surface area (Å²) in [5, 5.41) is 3.22. The van der Waals surface area contributed by atoms with Crippen LogP contribution in [0, 0.1) is 11.6 Å². The molecule has 3 rings (SSSR count). The summed E-state index contributed by atoms with van der Waals surface area (Å²) in [5.74, 6) is -1.46. The van der Waals surface area contributed by atoms with Crippen molar-refractivity contribution in [3.63, 3.8) is 0 Å². The van der Waals surface area contributed by atoms with Gasteiger partial charge in [0.05, 0.1) is 10.6 Å². The Labute approximate surface area is 170 Å². The first-order valence-electron chi connectivity index (χ1n) is 9.38. The van der Waals surface area contributed by atoms with Gasteiger partial charge in [0, 0.05) is 17.7 Å². The summed E-state index contributed by atoms with van der Waals surface area (Å²) in [4.78, 5) is 0.162. The van der Waals surface area contributed by atoms with Gasteiger partial charge in [0.15, 0.2) is 9.84 Å². The second kappa shape index (κ2) is 8.84. The zero-order valence-electron chi connectivity index (χ0n) is 16.3. The Morgan fingerprint density at radius 2 is 1.69 bits per heavy atom. The first kappa shape index (κ1) is 21.1. The maximum Gasteiger partial charge on any atom is 0.182 e. The summed E-state index contributed by atoms with van der Waals surface area (Å²) in [7, 11) is -1.68. The largest absolute Gasteiger partial charge is 0.313 e. The lowest BCUT2D eigenvalue weighted by Crippen LogP contribution is -2.15. The van der Waals surface area contributed by atoms with Crippen molar-refractivity contribution in [2.45, 2.75) is 30.0 Å². The van der Waals surface area contributed by atoms with Gasteiger partial charge >= 0.3 is 0 Å². The van der Waals surface area contributed by atoms with Crippen LogP contribution in [-0.2, 0) is 15.6 Å². The van der Waals surface area contributed by atoms with Crippen LogP contribution < -0.4 is 5.32 Å². The summed E-state index contributed by atoms with van der Waals surface area (Å²) in [6.45, 7) is 2.07. The Kier molecular flexibility index (Phi) is 6.45. The van der Waals surface area contributed by atoms with Gasteiger partial charge in [0.25, 0.3) is 0 Å². The van der Waals surface area contributed by atoms with Crippen molar-refractivity contribution in [1.82, 2.24) is 5.32 Å². The SMILES string of the molecule is CCC(NC)c1cccc(CS(=O)(=O)c2ccc(-c3ccc(F)cc3F)cc2)c1. The first-order valence-corrected chi connectivity index (χ1v) is 11.0. The van der Waals surface area contributed by atoms with Crippen LogP contribution in [-0.4, -0.2) is 15.5 Å². The number of nitrogens with one attached hydrogen (secondary N) is 1. The molecular weight excluding hydrogens is 392 g/mol. The highest BCUT2D eigenvalue weighted by Gasteiger charge is 2.17. The average molecular weight is 416 g/mol. The molecule has 152 valence electrons. The number of sulfone groups is 1. The maximum absolute atomic E-state index is 14.0. The standard InChI is InChI=1S/C23H23F2NO2S/c1-3-23(26-2)18-6-4-5-16(13-18)15-29(27,28)20-10-7-17(8-11-20)21-12-9-19(24)14-22(21)25/h4-14,23,26H,3,15H2,1-2H3. The molecule has 0 aromatic heterocycles. The molecule has 3 aromatic carbocycles. The fourth-order valence-electron chi connectivity index (χ4n) is 3.37. The van der Waals surface area contributed by atoms with Crippen LogP contribution in [0.15, 0.2) is 71.6 Å². The summed E-state index contributed by atoms with van der Waals surface area (Å²) >= 11 is 0. The number of rotatable bonds is 7. The Bertz CT molecular complexity index is 1090. The second-order valence-corrected chi connectivity index (χ2v) is 8.89. The van der Waals surface area contributed by atoms with Crippen molar-refractivity contribution >= 4 is 9.84 Å². The number of halogens is 2. The van der Waals surface area contributed by atoms with E-state index < -0.39 is 21.5 Å². The van der Waals surface area contributed by atoms with Crippen LogP contribution in [0.25, 0.3) is 11.1 Å². The monoisotopic (exact) mass is 415 g/mol. The zero-order chi connectivity index (χ0) is 21.0. The molecule has 0 amide bonds. The molecule has 1 atom stereocenters. The van der Waals surface area contributed by atoms with Crippen molar-refractivity contribution in [1.29, 1.82) is 0 Å². The van der Waals surface area contributed by atoms with Crippen molar-refractivity contribution < 1.29 is 17.2 Å². The highest BCUT2D eigenvalue weighted by atomic mass is 32.2. The molecule has 3 nitrogen and oxygen atoms in total. The molecule has 0 spiro atoms. The van der Waals surface area contributed by atoms with E-state index in [1.54, 1.807) is 6.07 Å². The predicted molar refractivity (Wildman–Crippen MR) is 111 cm³/mol. The van der Waals surface area contributed by atoms with Gasteiger partial charge in [-0.1, -0.05) is 43.3 Å². The van der Waals surface area contributed by atoms with Gasteiger partial charge in [-0.3, -0.25) is 0 Å². The lowest BCUT2D eigenvalue weighted by atomic mass is 10.0. The molecule has 0 aliphatic heterocycles. The minimum absolute atomic E-state index is 0.120. The predicted octanol–water partition coefficient (Wildman–Crippen LogP) is 5.28. The molecule has 29 heavy (non-hydrogen) atoms. The third kappa shape index (κ3) is 4.89. The normalized spacial score (nSPS) is 12.7. The van der Waals surface area contributed by atoms with Crippen LogP contribution in [0.3, 0.4) is 0 Å². The van der Waals surface area contributed by atoms with Gasteiger partial charge < -0.3 is 5.32 Å². The molecule has 1 unspecified atom stereocenters. The molecule has 6 heteroatoms. The molecule has 3 aromatic rings. The van der Waals surface area contributed by atoms with E-state index in [0.717, 1.165) is 18.1 Å². The molecule has 0 saturated carbocycles. The Morgan fingerprint density at radius 1 is 0.966 bits per heavy atom. The highest BCUT2D eigenvalue weighted by Crippen LogP contribution is 2.26. The molecular formula is C23H23F2NO2S. The van der Waals surface area contributed by atoms with Crippen molar-refractivity contribution in [3.8, 4) is 11.1 Å². The van der Waals surface area contributed by atoms with Crippen LogP contribution >= 0.6 is 0 Å². The average Bonchev–Trinajstić information content (AvgIpc) is 2.69. The van der Waals surface area contributed by atoms with E-state index in [2.05, 4.69) is 12.2 Å². The molecule has 0 bridgehead atoms. The van der Waals surface area contributed by atoms with Crippen molar-refractivity contribution in [3.05, 3.63) is 89.5 Å². The first-order chi connectivity index (χ1) is 13.8. The Hall–Kier alpha value is -2.57.